The summed E-state index contributed by atoms with van der Waals surface area (Å²) in [5.41, 5.74) is 0. The van der Waals surface area contributed by atoms with Gasteiger partial charge in [-0.25, -0.2) is 0 Å². The lowest BCUT2D eigenvalue weighted by Gasteiger charge is -1.98. The molecule has 6 heteroatoms. The van der Waals surface area contributed by atoms with E-state index in [4.69, 9.17) is 0 Å². The van der Waals surface area contributed by atoms with Gasteiger partial charge in [-0.3, -0.25) is 0 Å². The zero-order valence-corrected chi connectivity index (χ0v) is 12.8. The van der Waals surface area contributed by atoms with Gasteiger partial charge in [0.05, 0.1) is 4.88 Å². The van der Waals surface area contributed by atoms with E-state index in [0.29, 0.717) is 0 Å². The predicted octanol–water partition coefficient (Wildman–Crippen LogP) is 3.57. The van der Waals surface area contributed by atoms with Crippen molar-refractivity contribution in [1.29, 1.82) is 0 Å². The molecule has 92 valence electrons. The summed E-state index contributed by atoms with van der Waals surface area (Å²) in [6.07, 6.45) is 2.13. The Kier molecular flexibility index (Phi) is 5.09. The molecule has 0 fully saturated rings. The van der Waals surface area contributed by atoms with Crippen LogP contribution < -0.4 is 5.32 Å². The standard InChI is InChI=1S/C11H14BrN3S2/c1-2-5-13-6-3-9-14-15-11(17-9)10-8(12)4-7-16-10/h4,7,13H,2-3,5-6H2,1H3. The average molecular weight is 332 g/mol. The first kappa shape index (κ1) is 13.1. The topological polar surface area (TPSA) is 37.8 Å². The lowest BCUT2D eigenvalue weighted by molar-refractivity contribution is 0.668. The Morgan fingerprint density at radius 3 is 2.94 bits per heavy atom. The molecular weight excluding hydrogens is 318 g/mol. The van der Waals surface area contributed by atoms with Crippen molar-refractivity contribution in [2.24, 2.45) is 0 Å². The van der Waals surface area contributed by atoms with Crippen LogP contribution in [-0.4, -0.2) is 23.3 Å². The zero-order chi connectivity index (χ0) is 12.1. The van der Waals surface area contributed by atoms with Gasteiger partial charge in [0.15, 0.2) is 5.01 Å². The molecule has 0 spiro atoms. The van der Waals surface area contributed by atoms with Gasteiger partial charge in [-0.05, 0) is 40.3 Å². The first-order chi connectivity index (χ1) is 8.31. The molecule has 0 radical (unpaired) electrons. The molecule has 1 N–H and O–H groups in total. The van der Waals surface area contributed by atoms with E-state index in [1.807, 2.05) is 6.07 Å². The highest BCUT2D eigenvalue weighted by molar-refractivity contribution is 9.10. The fourth-order valence-electron chi connectivity index (χ4n) is 1.39. The van der Waals surface area contributed by atoms with Crippen LogP contribution in [0.5, 0.6) is 0 Å². The van der Waals surface area contributed by atoms with E-state index in [9.17, 15) is 0 Å². The molecule has 0 aliphatic carbocycles. The minimum atomic E-state index is 0.959. The van der Waals surface area contributed by atoms with Gasteiger partial charge < -0.3 is 5.32 Å². The molecule has 2 aromatic heterocycles. The number of halogens is 1. The van der Waals surface area contributed by atoms with Crippen LogP contribution in [0.15, 0.2) is 15.9 Å². The highest BCUT2D eigenvalue weighted by Crippen LogP contribution is 2.35. The third kappa shape index (κ3) is 3.58. The van der Waals surface area contributed by atoms with Crippen LogP contribution in [0.2, 0.25) is 0 Å². The van der Waals surface area contributed by atoms with E-state index in [-0.39, 0.29) is 0 Å². The van der Waals surface area contributed by atoms with Crippen molar-refractivity contribution in [3.8, 4) is 9.88 Å². The highest BCUT2D eigenvalue weighted by atomic mass is 79.9. The first-order valence-corrected chi connectivity index (χ1v) is 8.06. The number of hydrogen-bond acceptors (Lipinski definition) is 5. The Hall–Kier alpha value is -0.300. The van der Waals surface area contributed by atoms with Gasteiger partial charge in [0.2, 0.25) is 0 Å². The van der Waals surface area contributed by atoms with Gasteiger partial charge in [-0.15, -0.1) is 21.5 Å². The molecule has 0 amide bonds. The van der Waals surface area contributed by atoms with E-state index in [2.05, 4.69) is 43.7 Å². The maximum atomic E-state index is 4.24. The minimum absolute atomic E-state index is 0.959. The van der Waals surface area contributed by atoms with Crippen molar-refractivity contribution in [1.82, 2.24) is 15.5 Å². The fraction of sp³-hybridized carbons (Fsp3) is 0.455. The van der Waals surface area contributed by atoms with Crippen LogP contribution in [0.4, 0.5) is 0 Å². The largest absolute Gasteiger partial charge is 0.316 e. The summed E-state index contributed by atoms with van der Waals surface area (Å²) in [6.45, 7) is 4.22. The van der Waals surface area contributed by atoms with Gasteiger partial charge in [0, 0.05) is 17.4 Å². The van der Waals surface area contributed by atoms with Gasteiger partial charge in [-0.2, -0.15) is 0 Å². The van der Waals surface area contributed by atoms with Crippen LogP contribution in [0.1, 0.15) is 18.4 Å². The zero-order valence-electron chi connectivity index (χ0n) is 9.57. The van der Waals surface area contributed by atoms with E-state index in [1.54, 1.807) is 22.7 Å². The third-order valence-electron chi connectivity index (χ3n) is 2.22. The van der Waals surface area contributed by atoms with Crippen LogP contribution in [0.25, 0.3) is 9.88 Å². The summed E-state index contributed by atoms with van der Waals surface area (Å²) in [7, 11) is 0. The molecule has 0 atom stereocenters. The quantitative estimate of drug-likeness (QED) is 0.822. The molecule has 0 saturated heterocycles. The highest BCUT2D eigenvalue weighted by Gasteiger charge is 2.10. The number of nitrogens with zero attached hydrogens (tertiary/aromatic N) is 2. The number of rotatable bonds is 6. The molecule has 3 nitrogen and oxygen atoms in total. The van der Waals surface area contributed by atoms with Crippen LogP contribution in [-0.2, 0) is 6.42 Å². The van der Waals surface area contributed by atoms with Crippen molar-refractivity contribution in [2.75, 3.05) is 13.1 Å². The van der Waals surface area contributed by atoms with Crippen molar-refractivity contribution in [3.05, 3.63) is 20.9 Å². The van der Waals surface area contributed by atoms with Gasteiger partial charge in [-0.1, -0.05) is 18.3 Å². The molecule has 0 aromatic carbocycles. The molecule has 2 heterocycles. The second kappa shape index (κ2) is 6.58. The normalized spacial score (nSPS) is 10.9. The molecule has 0 unspecified atom stereocenters. The molecule has 0 saturated carbocycles. The van der Waals surface area contributed by atoms with Gasteiger partial charge in [0.1, 0.15) is 5.01 Å². The predicted molar refractivity (Wildman–Crippen MR) is 77.8 cm³/mol. The first-order valence-electron chi connectivity index (χ1n) is 5.57. The second-order valence-electron chi connectivity index (χ2n) is 3.60. The third-order valence-corrected chi connectivity index (χ3v) is 5.19. The van der Waals surface area contributed by atoms with Crippen LogP contribution >= 0.6 is 38.6 Å². The van der Waals surface area contributed by atoms with Crippen LogP contribution in [0, 0.1) is 0 Å². The van der Waals surface area contributed by atoms with Crippen molar-refractivity contribution >= 4 is 38.6 Å². The lowest BCUT2D eigenvalue weighted by Crippen LogP contribution is -2.17. The van der Waals surface area contributed by atoms with Gasteiger partial charge >= 0.3 is 0 Å². The van der Waals surface area contributed by atoms with E-state index in [0.717, 1.165) is 34.0 Å². The summed E-state index contributed by atoms with van der Waals surface area (Å²) in [5.74, 6) is 0. The van der Waals surface area contributed by atoms with Crippen molar-refractivity contribution in [2.45, 2.75) is 19.8 Å². The van der Waals surface area contributed by atoms with Gasteiger partial charge in [0.25, 0.3) is 0 Å². The van der Waals surface area contributed by atoms with Crippen molar-refractivity contribution < 1.29 is 0 Å². The maximum Gasteiger partial charge on any atom is 0.158 e. The number of thiophene rings is 1. The fourth-order valence-corrected chi connectivity index (χ4v) is 4.02. The summed E-state index contributed by atoms with van der Waals surface area (Å²) in [5, 5.41) is 16.0. The maximum absolute atomic E-state index is 4.24. The van der Waals surface area contributed by atoms with E-state index < -0.39 is 0 Å². The van der Waals surface area contributed by atoms with E-state index in [1.165, 1.54) is 11.3 Å². The summed E-state index contributed by atoms with van der Waals surface area (Å²) in [6, 6.07) is 2.05. The smallest absolute Gasteiger partial charge is 0.158 e. The SMILES string of the molecule is CCCNCCc1nnc(-c2sccc2Br)s1. The number of aromatic nitrogens is 2. The Morgan fingerprint density at radius 2 is 2.24 bits per heavy atom. The van der Waals surface area contributed by atoms with Crippen molar-refractivity contribution in [3.63, 3.8) is 0 Å². The molecule has 0 aliphatic heterocycles. The van der Waals surface area contributed by atoms with E-state index >= 15 is 0 Å². The Morgan fingerprint density at radius 1 is 1.35 bits per heavy atom. The molecule has 2 aromatic rings. The number of nitrogens with one attached hydrogen (secondary N) is 1. The number of hydrogen-bond donors (Lipinski definition) is 1. The molecule has 2 rings (SSSR count). The minimum Gasteiger partial charge on any atom is -0.316 e. The second-order valence-corrected chi connectivity index (χ2v) is 6.43. The Bertz CT molecular complexity index is 467. The monoisotopic (exact) mass is 331 g/mol. The lowest BCUT2D eigenvalue weighted by atomic mass is 10.4. The molecule has 0 bridgehead atoms. The molecule has 0 aliphatic rings. The molecular formula is C11H14BrN3S2. The Balaban J connectivity index is 1.95. The summed E-state index contributed by atoms with van der Waals surface area (Å²) < 4.78 is 1.11. The Labute approximate surface area is 117 Å². The van der Waals surface area contributed by atoms with Crippen LogP contribution in [0.3, 0.4) is 0 Å². The average Bonchev–Trinajstić information content (AvgIpc) is 2.93. The summed E-state index contributed by atoms with van der Waals surface area (Å²) in [4.78, 5) is 1.18. The summed E-state index contributed by atoms with van der Waals surface area (Å²) >= 11 is 6.90. The molecule has 17 heavy (non-hydrogen) atoms.